The van der Waals surface area contributed by atoms with E-state index >= 15 is 0 Å². The van der Waals surface area contributed by atoms with Gasteiger partial charge in [-0.25, -0.2) is 29.5 Å². The fraction of sp³-hybridized carbons (Fsp3) is 0.268. The highest BCUT2D eigenvalue weighted by Gasteiger charge is 2.37. The molecule has 0 atom stereocenters. The Hall–Kier alpha value is -6.72. The third-order valence-corrected chi connectivity index (χ3v) is 11.2. The zero-order chi connectivity index (χ0) is 44.7. The van der Waals surface area contributed by atoms with Crippen molar-refractivity contribution in [2.24, 2.45) is 0 Å². The van der Waals surface area contributed by atoms with E-state index in [-0.39, 0.29) is 30.5 Å². The quantitative estimate of drug-likeness (QED) is 0.140. The predicted molar refractivity (Wildman–Crippen MR) is 228 cm³/mol. The van der Waals surface area contributed by atoms with Gasteiger partial charge in [0, 0.05) is 19.6 Å². The van der Waals surface area contributed by atoms with Crippen molar-refractivity contribution in [2.45, 2.75) is 45.7 Å². The lowest BCUT2D eigenvalue weighted by molar-refractivity contribution is -0.139. The summed E-state index contributed by atoms with van der Waals surface area (Å²) < 4.78 is 92.8. The van der Waals surface area contributed by atoms with E-state index < -0.39 is 35.6 Å². The van der Waals surface area contributed by atoms with E-state index in [1.165, 1.54) is 55.2 Å². The Labute approximate surface area is 368 Å². The van der Waals surface area contributed by atoms with E-state index in [1.807, 2.05) is 6.07 Å². The molecule has 0 fully saturated rings. The molecule has 3 aromatic carbocycles. The number of thiazole rings is 2. The fourth-order valence-electron chi connectivity index (χ4n) is 6.55. The number of anilines is 2. The molecule has 336 valence electrons. The maximum absolute atomic E-state index is 13.3. The topological polar surface area (TPSA) is 179 Å². The number of rotatable bonds is 5. The van der Waals surface area contributed by atoms with Gasteiger partial charge < -0.3 is 24.4 Å². The van der Waals surface area contributed by atoms with Gasteiger partial charge in [0.1, 0.15) is 18.4 Å². The second kappa shape index (κ2) is 20.2. The number of para-hydroxylation sites is 1. The second-order valence-electron chi connectivity index (χ2n) is 13.3. The largest absolute Gasteiger partial charge is 0.479 e. The molecular formula is C41H38F6N10O5S2. The molecule has 0 saturated heterocycles. The standard InChI is InChI=1S/C17H14F3N5O2S.C13H10N4O3S.C10H10F3N.CH4/c1-27-13-12-14(22-8-21-13)28-15(23-12)24-16(26)25-6-5-9-3-2-4-11(10(9)7-25)17(18,19)20;1-19-10-9-11(15-7-14-10)21-12(16-9)17-13(18)20-8-5-3-2-4-6-8;11-10(12,13)9-3-1-2-7-4-5-14-6-8(7)9;/h2-4,8H,5-7H2,1H3,(H,23,24,26);2-7H,1H3,(H,16,17,18);1-3,14H,4-6H2;1H4. The van der Waals surface area contributed by atoms with Gasteiger partial charge in [0.25, 0.3) is 0 Å². The number of amides is 3. The zero-order valence-corrected chi connectivity index (χ0v) is 34.6. The number of aromatic nitrogens is 6. The van der Waals surface area contributed by atoms with Crippen LogP contribution in [0, 0.1) is 0 Å². The first-order valence-electron chi connectivity index (χ1n) is 18.7. The average Bonchev–Trinajstić information content (AvgIpc) is 3.89. The number of nitrogens with one attached hydrogen (secondary N) is 3. The Bertz CT molecular complexity index is 2740. The highest BCUT2D eigenvalue weighted by atomic mass is 32.1. The van der Waals surface area contributed by atoms with Crippen molar-refractivity contribution in [2.75, 3.05) is 37.9 Å². The van der Waals surface area contributed by atoms with Gasteiger partial charge in [-0.15, -0.1) is 0 Å². The number of ether oxygens (including phenoxy) is 3. The Kier molecular flexibility index (Phi) is 14.8. The summed E-state index contributed by atoms with van der Waals surface area (Å²) >= 11 is 2.34. The Morgan fingerprint density at radius 1 is 0.703 bits per heavy atom. The molecule has 64 heavy (non-hydrogen) atoms. The summed E-state index contributed by atoms with van der Waals surface area (Å²) in [6.07, 6.45) is -5.58. The third-order valence-electron chi connectivity index (χ3n) is 9.40. The van der Waals surface area contributed by atoms with Gasteiger partial charge in [-0.05, 0) is 65.9 Å². The van der Waals surface area contributed by atoms with E-state index in [0.717, 1.165) is 35.6 Å². The Balaban J connectivity index is 0.000000167. The fourth-order valence-corrected chi connectivity index (χ4v) is 8.12. The van der Waals surface area contributed by atoms with Crippen molar-refractivity contribution in [1.82, 2.24) is 40.1 Å². The number of halogens is 6. The lowest BCUT2D eigenvalue weighted by Gasteiger charge is -2.30. The molecule has 3 N–H and O–H groups in total. The minimum atomic E-state index is -4.47. The molecule has 9 rings (SSSR count). The summed E-state index contributed by atoms with van der Waals surface area (Å²) in [6.45, 7) is 1.28. The van der Waals surface area contributed by atoms with Crippen LogP contribution in [0.4, 0.5) is 46.2 Å². The number of hydrogen-bond donors (Lipinski definition) is 3. The van der Waals surface area contributed by atoms with Crippen LogP contribution in [0.1, 0.15) is 40.8 Å². The van der Waals surface area contributed by atoms with Crippen molar-refractivity contribution in [1.29, 1.82) is 0 Å². The molecule has 23 heteroatoms. The number of benzene rings is 3. The van der Waals surface area contributed by atoms with Crippen molar-refractivity contribution in [3.05, 3.63) is 113 Å². The van der Waals surface area contributed by atoms with Crippen LogP contribution in [0.2, 0.25) is 0 Å². The third kappa shape index (κ3) is 11.1. The van der Waals surface area contributed by atoms with E-state index in [1.54, 1.807) is 36.4 Å². The molecule has 6 heterocycles. The van der Waals surface area contributed by atoms with Crippen LogP contribution in [-0.4, -0.2) is 74.2 Å². The number of alkyl halides is 6. The first-order chi connectivity index (χ1) is 30.2. The number of hydrogen-bond acceptors (Lipinski definition) is 14. The number of urea groups is 1. The van der Waals surface area contributed by atoms with Crippen LogP contribution in [0.25, 0.3) is 20.7 Å². The number of carbonyl (C=O) groups excluding carboxylic acids is 2. The molecule has 0 spiro atoms. The number of nitrogens with zero attached hydrogens (tertiary/aromatic N) is 7. The average molecular weight is 929 g/mol. The molecule has 15 nitrogen and oxygen atoms in total. The van der Waals surface area contributed by atoms with Gasteiger partial charge in [0.2, 0.25) is 11.8 Å². The number of methoxy groups -OCH3 is 2. The predicted octanol–water partition coefficient (Wildman–Crippen LogP) is 9.40. The number of fused-ring (bicyclic) bond motifs is 4. The van der Waals surface area contributed by atoms with Crippen molar-refractivity contribution < 1.29 is 50.1 Å². The van der Waals surface area contributed by atoms with E-state index in [4.69, 9.17) is 14.2 Å². The molecule has 2 aliphatic rings. The molecule has 3 amide bonds. The molecule has 0 saturated carbocycles. The maximum atomic E-state index is 13.3. The van der Waals surface area contributed by atoms with Crippen molar-refractivity contribution in [3.63, 3.8) is 0 Å². The smallest absolute Gasteiger partial charge is 0.418 e. The van der Waals surface area contributed by atoms with Crippen molar-refractivity contribution in [3.8, 4) is 17.5 Å². The van der Waals surface area contributed by atoms with E-state index in [9.17, 15) is 35.9 Å². The van der Waals surface area contributed by atoms with Crippen LogP contribution >= 0.6 is 22.7 Å². The second-order valence-corrected chi connectivity index (χ2v) is 15.3. The van der Waals surface area contributed by atoms with Gasteiger partial charge in [-0.2, -0.15) is 36.3 Å². The highest BCUT2D eigenvalue weighted by Crippen LogP contribution is 2.37. The SMILES string of the molecule is C.COc1ncnc2sc(NC(=O)N3CCc4cccc(C(F)(F)F)c4C3)nc12.COc1ncnc2sc(NC(=O)Oc3ccccc3)nc12.FC(F)(F)c1cccc2c1CNCC2. The Morgan fingerprint density at radius 3 is 1.81 bits per heavy atom. The Morgan fingerprint density at radius 2 is 1.25 bits per heavy atom. The lowest BCUT2D eigenvalue weighted by atomic mass is 9.95. The van der Waals surface area contributed by atoms with Crippen LogP contribution in [0.3, 0.4) is 0 Å². The van der Waals surface area contributed by atoms with Gasteiger partial charge in [0.15, 0.2) is 31.0 Å². The normalized spacial score (nSPS) is 13.2. The first-order valence-corrected chi connectivity index (χ1v) is 20.3. The van der Waals surface area contributed by atoms with E-state index in [2.05, 4.69) is 45.9 Å². The highest BCUT2D eigenvalue weighted by molar-refractivity contribution is 7.22. The van der Waals surface area contributed by atoms with Crippen molar-refractivity contribution >= 4 is 65.8 Å². The minimum absolute atomic E-state index is 0. The molecule has 0 radical (unpaired) electrons. The van der Waals surface area contributed by atoms with Crippen LogP contribution in [0.5, 0.6) is 17.5 Å². The lowest BCUT2D eigenvalue weighted by Crippen LogP contribution is -2.39. The summed E-state index contributed by atoms with van der Waals surface area (Å²) in [7, 11) is 2.95. The monoisotopic (exact) mass is 928 g/mol. The zero-order valence-electron chi connectivity index (χ0n) is 33.0. The first kappa shape index (κ1) is 46.8. The summed E-state index contributed by atoms with van der Waals surface area (Å²) in [5.41, 5.74) is 1.68. The minimum Gasteiger partial charge on any atom is -0.479 e. The van der Waals surface area contributed by atoms with Gasteiger partial charge in [-0.1, -0.05) is 72.6 Å². The maximum Gasteiger partial charge on any atom is 0.418 e. The molecule has 7 aromatic rings. The van der Waals surface area contributed by atoms with Crippen LogP contribution < -0.4 is 30.2 Å². The van der Waals surface area contributed by atoms with Crippen LogP contribution in [-0.2, 0) is 38.3 Å². The molecule has 0 unspecified atom stereocenters. The van der Waals surface area contributed by atoms with Crippen LogP contribution in [0.15, 0.2) is 79.4 Å². The summed E-state index contributed by atoms with van der Waals surface area (Å²) in [4.78, 5) is 51.4. The molecule has 2 aliphatic heterocycles. The van der Waals surface area contributed by atoms with E-state index in [0.29, 0.717) is 74.5 Å². The van der Waals surface area contributed by atoms with Gasteiger partial charge in [0.05, 0.1) is 25.3 Å². The molecule has 4 aromatic heterocycles. The number of carbonyl (C=O) groups is 2. The summed E-state index contributed by atoms with van der Waals surface area (Å²) in [6, 6.07) is 16.7. The summed E-state index contributed by atoms with van der Waals surface area (Å²) in [5, 5.41) is 8.78. The molecule has 0 bridgehead atoms. The molecule has 0 aliphatic carbocycles. The van der Waals surface area contributed by atoms with Gasteiger partial charge >= 0.3 is 24.5 Å². The van der Waals surface area contributed by atoms with Gasteiger partial charge in [-0.3, -0.25) is 10.6 Å². The molecular weight excluding hydrogens is 891 g/mol. The summed E-state index contributed by atoms with van der Waals surface area (Å²) in [5.74, 6) is 1.10.